The van der Waals surface area contributed by atoms with Crippen molar-refractivity contribution in [1.29, 1.82) is 0 Å². The molecule has 0 unspecified atom stereocenters. The van der Waals surface area contributed by atoms with Crippen molar-refractivity contribution in [3.8, 4) is 11.1 Å². The Balaban J connectivity index is 2.36. The number of H-pyrrole nitrogens is 2. The standard InChI is InChI=1S/C10H8N4/c1-2-12-10-6-11-5-9(8(1)10)7-3-13-14-4-7/h1-6,12H,(H,13,14). The van der Waals surface area contributed by atoms with E-state index in [0.717, 1.165) is 16.6 Å². The number of nitrogens with one attached hydrogen (secondary N) is 2. The predicted molar refractivity (Wildman–Crippen MR) is 53.7 cm³/mol. The van der Waals surface area contributed by atoms with Crippen LogP contribution >= 0.6 is 0 Å². The average molecular weight is 184 g/mol. The minimum Gasteiger partial charge on any atom is -0.360 e. The highest BCUT2D eigenvalue weighted by Gasteiger charge is 2.04. The molecule has 0 fully saturated rings. The van der Waals surface area contributed by atoms with Crippen LogP contribution in [0.2, 0.25) is 0 Å². The molecule has 0 amide bonds. The molecule has 3 aromatic rings. The van der Waals surface area contributed by atoms with Gasteiger partial charge in [0.05, 0.1) is 17.9 Å². The summed E-state index contributed by atoms with van der Waals surface area (Å²) in [7, 11) is 0. The number of pyridine rings is 1. The Bertz CT molecular complexity index is 550. The third-order valence-corrected chi connectivity index (χ3v) is 2.29. The summed E-state index contributed by atoms with van der Waals surface area (Å²) in [4.78, 5) is 7.30. The third kappa shape index (κ3) is 0.939. The summed E-state index contributed by atoms with van der Waals surface area (Å²) in [5, 5.41) is 7.89. The topological polar surface area (TPSA) is 57.4 Å². The summed E-state index contributed by atoms with van der Waals surface area (Å²) in [6, 6.07) is 2.04. The molecule has 0 aliphatic rings. The Labute approximate surface area is 80.0 Å². The third-order valence-electron chi connectivity index (χ3n) is 2.29. The van der Waals surface area contributed by atoms with Crippen LogP contribution in [-0.2, 0) is 0 Å². The molecule has 0 bridgehead atoms. The van der Waals surface area contributed by atoms with Gasteiger partial charge in [-0.2, -0.15) is 5.10 Å². The van der Waals surface area contributed by atoms with E-state index in [9.17, 15) is 0 Å². The van der Waals surface area contributed by atoms with E-state index in [1.54, 1.807) is 6.20 Å². The molecule has 0 aliphatic heterocycles. The summed E-state index contributed by atoms with van der Waals surface area (Å²) in [5.41, 5.74) is 3.20. The van der Waals surface area contributed by atoms with E-state index < -0.39 is 0 Å². The van der Waals surface area contributed by atoms with Gasteiger partial charge in [0.25, 0.3) is 0 Å². The molecule has 14 heavy (non-hydrogen) atoms. The van der Waals surface area contributed by atoms with Gasteiger partial charge in [0.15, 0.2) is 0 Å². The first-order valence-corrected chi connectivity index (χ1v) is 4.35. The van der Waals surface area contributed by atoms with E-state index in [0.29, 0.717) is 0 Å². The molecule has 0 spiro atoms. The summed E-state index contributed by atoms with van der Waals surface area (Å²) < 4.78 is 0. The van der Waals surface area contributed by atoms with E-state index in [-0.39, 0.29) is 0 Å². The summed E-state index contributed by atoms with van der Waals surface area (Å²) in [6.07, 6.45) is 9.24. The van der Waals surface area contributed by atoms with Crippen molar-refractivity contribution in [3.05, 3.63) is 37.1 Å². The zero-order valence-electron chi connectivity index (χ0n) is 7.36. The number of aromatic amines is 2. The molecule has 3 rings (SSSR count). The smallest absolute Gasteiger partial charge is 0.0646 e. The molecule has 0 aromatic carbocycles. The maximum Gasteiger partial charge on any atom is 0.0646 e. The molecule has 3 heterocycles. The highest BCUT2D eigenvalue weighted by Crippen LogP contribution is 2.25. The molecule has 2 N–H and O–H groups in total. The van der Waals surface area contributed by atoms with Crippen LogP contribution in [0.15, 0.2) is 37.1 Å². The number of hydrogen-bond acceptors (Lipinski definition) is 2. The largest absolute Gasteiger partial charge is 0.360 e. The fourth-order valence-electron chi connectivity index (χ4n) is 1.61. The van der Waals surface area contributed by atoms with Crippen LogP contribution in [0, 0.1) is 0 Å². The highest BCUT2D eigenvalue weighted by atomic mass is 15.1. The fraction of sp³-hybridized carbons (Fsp3) is 0. The first-order valence-electron chi connectivity index (χ1n) is 4.35. The molecular weight excluding hydrogens is 176 g/mol. The number of rotatable bonds is 1. The van der Waals surface area contributed by atoms with Gasteiger partial charge >= 0.3 is 0 Å². The minimum absolute atomic E-state index is 1.05. The van der Waals surface area contributed by atoms with Gasteiger partial charge in [-0.1, -0.05) is 0 Å². The lowest BCUT2D eigenvalue weighted by atomic mass is 10.1. The molecule has 0 saturated heterocycles. The maximum atomic E-state index is 4.17. The van der Waals surface area contributed by atoms with Crippen LogP contribution in [0.4, 0.5) is 0 Å². The number of aromatic nitrogens is 4. The molecule has 68 valence electrons. The lowest BCUT2D eigenvalue weighted by Crippen LogP contribution is -1.79. The Kier molecular flexibility index (Phi) is 1.41. The van der Waals surface area contributed by atoms with Crippen LogP contribution in [0.1, 0.15) is 0 Å². The molecular formula is C10H8N4. The Morgan fingerprint density at radius 3 is 3.00 bits per heavy atom. The summed E-state index contributed by atoms with van der Waals surface area (Å²) in [6.45, 7) is 0. The zero-order chi connectivity index (χ0) is 9.38. The molecule has 3 aromatic heterocycles. The fourth-order valence-corrected chi connectivity index (χ4v) is 1.61. The Morgan fingerprint density at radius 2 is 2.14 bits per heavy atom. The van der Waals surface area contributed by atoms with Crippen LogP contribution in [0.5, 0.6) is 0 Å². The molecule has 0 aliphatic carbocycles. The normalized spacial score (nSPS) is 10.9. The van der Waals surface area contributed by atoms with Gasteiger partial charge in [0, 0.05) is 35.1 Å². The monoisotopic (exact) mass is 184 g/mol. The lowest BCUT2D eigenvalue weighted by molar-refractivity contribution is 1.09. The van der Waals surface area contributed by atoms with Crippen molar-refractivity contribution in [2.75, 3.05) is 0 Å². The SMILES string of the molecule is c1cc2c(-c3cn[nH]c3)cncc2[nH]1. The van der Waals surface area contributed by atoms with Gasteiger partial charge < -0.3 is 4.98 Å². The second-order valence-corrected chi connectivity index (χ2v) is 3.11. The van der Waals surface area contributed by atoms with Crippen LogP contribution in [0.3, 0.4) is 0 Å². The number of nitrogens with zero attached hydrogens (tertiary/aromatic N) is 2. The van der Waals surface area contributed by atoms with Gasteiger partial charge in [0.2, 0.25) is 0 Å². The van der Waals surface area contributed by atoms with Gasteiger partial charge in [-0.25, -0.2) is 0 Å². The second kappa shape index (κ2) is 2.70. The Hall–Kier alpha value is -2.10. The first-order chi connectivity index (χ1) is 6.95. The van der Waals surface area contributed by atoms with Crippen LogP contribution in [-0.4, -0.2) is 20.2 Å². The number of hydrogen-bond donors (Lipinski definition) is 2. The summed E-state index contributed by atoms with van der Waals surface area (Å²) in [5.74, 6) is 0. The van der Waals surface area contributed by atoms with Gasteiger partial charge in [-0.05, 0) is 6.07 Å². The van der Waals surface area contributed by atoms with Crippen molar-refractivity contribution < 1.29 is 0 Å². The zero-order valence-corrected chi connectivity index (χ0v) is 7.36. The predicted octanol–water partition coefficient (Wildman–Crippen LogP) is 1.95. The van der Waals surface area contributed by atoms with E-state index >= 15 is 0 Å². The number of fused-ring (bicyclic) bond motifs is 1. The molecule has 4 heteroatoms. The van der Waals surface area contributed by atoms with Crippen molar-refractivity contribution in [2.45, 2.75) is 0 Å². The van der Waals surface area contributed by atoms with Crippen molar-refractivity contribution in [1.82, 2.24) is 20.2 Å². The average Bonchev–Trinajstić information content (AvgIpc) is 2.88. The van der Waals surface area contributed by atoms with E-state index in [1.165, 1.54) is 5.39 Å². The quantitative estimate of drug-likeness (QED) is 0.607. The van der Waals surface area contributed by atoms with E-state index in [2.05, 4.69) is 20.2 Å². The maximum absolute atomic E-state index is 4.17. The molecule has 4 nitrogen and oxygen atoms in total. The Morgan fingerprint density at radius 1 is 1.14 bits per heavy atom. The van der Waals surface area contributed by atoms with Crippen LogP contribution in [0.25, 0.3) is 22.0 Å². The molecule has 0 atom stereocenters. The van der Waals surface area contributed by atoms with Gasteiger partial charge in [-0.15, -0.1) is 0 Å². The summed E-state index contributed by atoms with van der Waals surface area (Å²) >= 11 is 0. The van der Waals surface area contributed by atoms with Gasteiger partial charge in [0.1, 0.15) is 0 Å². The van der Waals surface area contributed by atoms with E-state index in [1.807, 2.05) is 30.9 Å². The van der Waals surface area contributed by atoms with Crippen molar-refractivity contribution in [2.24, 2.45) is 0 Å². The van der Waals surface area contributed by atoms with Crippen LogP contribution < -0.4 is 0 Å². The highest BCUT2D eigenvalue weighted by molar-refractivity contribution is 5.93. The van der Waals surface area contributed by atoms with Crippen molar-refractivity contribution in [3.63, 3.8) is 0 Å². The van der Waals surface area contributed by atoms with Gasteiger partial charge in [-0.3, -0.25) is 10.1 Å². The second-order valence-electron chi connectivity index (χ2n) is 3.11. The minimum atomic E-state index is 1.05. The van der Waals surface area contributed by atoms with Crippen molar-refractivity contribution >= 4 is 10.9 Å². The lowest BCUT2D eigenvalue weighted by Gasteiger charge is -1.97. The first kappa shape index (κ1) is 7.32. The molecule has 0 radical (unpaired) electrons. The molecule has 0 saturated carbocycles. The van der Waals surface area contributed by atoms with E-state index in [4.69, 9.17) is 0 Å².